The summed E-state index contributed by atoms with van der Waals surface area (Å²) in [7, 11) is -4.07. The zero-order valence-electron chi connectivity index (χ0n) is 22.1. The van der Waals surface area contributed by atoms with E-state index >= 15 is 0 Å². The molecule has 0 fully saturated rings. The van der Waals surface area contributed by atoms with E-state index in [1.54, 1.807) is 48.9 Å². The first-order valence-corrected chi connectivity index (χ1v) is 14.4. The van der Waals surface area contributed by atoms with Gasteiger partial charge in [0.1, 0.15) is 17.4 Å². The van der Waals surface area contributed by atoms with Crippen molar-refractivity contribution in [1.82, 2.24) is 24.5 Å². The lowest BCUT2D eigenvalue weighted by Crippen LogP contribution is -2.17. The molecule has 6 rings (SSSR count). The Morgan fingerprint density at radius 1 is 1.02 bits per heavy atom. The highest BCUT2D eigenvalue weighted by Crippen LogP contribution is 2.39. The maximum absolute atomic E-state index is 13.1. The van der Waals surface area contributed by atoms with Crippen LogP contribution < -0.4 is 15.7 Å². The molecule has 0 radical (unpaired) electrons. The van der Waals surface area contributed by atoms with Crippen molar-refractivity contribution in [3.63, 3.8) is 0 Å². The van der Waals surface area contributed by atoms with Gasteiger partial charge in [-0.1, -0.05) is 6.07 Å². The monoisotopic (exact) mass is 592 g/mol. The molecule has 3 aliphatic heterocycles. The Bertz CT molecular complexity index is 1940. The summed E-state index contributed by atoms with van der Waals surface area (Å²) in [5.41, 5.74) is 3.32. The highest BCUT2D eigenvalue weighted by Gasteiger charge is 2.31. The first-order chi connectivity index (χ1) is 20.1. The normalized spacial score (nSPS) is 13.7. The van der Waals surface area contributed by atoms with Crippen molar-refractivity contribution in [3.8, 4) is 22.5 Å². The first kappa shape index (κ1) is 27.3. The van der Waals surface area contributed by atoms with Gasteiger partial charge in [-0.15, -0.1) is 0 Å². The smallest absolute Gasteiger partial charge is 0.369 e. The number of aryl methyl sites for hydroxylation is 1. The number of nitrogens with one attached hydrogen (secondary N) is 2. The molecule has 0 saturated heterocycles. The van der Waals surface area contributed by atoms with E-state index in [0.717, 1.165) is 46.4 Å². The number of benzene rings is 1. The second-order valence-corrected chi connectivity index (χ2v) is 11.4. The van der Waals surface area contributed by atoms with Gasteiger partial charge >= 0.3 is 6.18 Å². The Hall–Kier alpha value is -4.85. The topological polar surface area (TPSA) is 127 Å². The molecule has 42 heavy (non-hydrogen) atoms. The standard InChI is InChI=1S/C28H23F3N8O2S/c1-17-2-3-21(38-42(40,41)16-22-13-19(4-9-33-22)28(29,30)31)14-23(17)24-12-18-15-35-27(36-20-5-7-32-8-6-20)37-25(18)39-11-10-34-26(24)39/h2-9,12-15,34,38H,10-11,16H2,1H3. The zero-order valence-corrected chi connectivity index (χ0v) is 22.9. The van der Waals surface area contributed by atoms with Crippen LogP contribution in [0.3, 0.4) is 0 Å². The molecule has 0 aliphatic carbocycles. The maximum atomic E-state index is 13.1. The van der Waals surface area contributed by atoms with Gasteiger partial charge in [0.15, 0.2) is 0 Å². The summed E-state index contributed by atoms with van der Waals surface area (Å²) in [4.78, 5) is 21.4. The third-order valence-corrected chi connectivity index (χ3v) is 7.89. The van der Waals surface area contributed by atoms with Crippen LogP contribution in [0.5, 0.6) is 0 Å². The van der Waals surface area contributed by atoms with Crippen LogP contribution in [0.15, 0.2) is 78.3 Å². The molecular formula is C28H23F3N8O2S. The number of fused-ring (bicyclic) bond motifs is 3. The number of nitrogens with zero attached hydrogens (tertiary/aromatic N) is 6. The lowest BCUT2D eigenvalue weighted by molar-refractivity contribution is -0.137. The van der Waals surface area contributed by atoms with Crippen molar-refractivity contribution >= 4 is 27.2 Å². The molecule has 2 N–H and O–H groups in total. The molecule has 0 saturated carbocycles. The summed E-state index contributed by atoms with van der Waals surface area (Å²) < 4.78 is 69.6. The number of alkyl halides is 3. The number of halogens is 3. The lowest BCUT2D eigenvalue weighted by atomic mass is 9.98. The van der Waals surface area contributed by atoms with Crippen LogP contribution in [0.2, 0.25) is 0 Å². The van der Waals surface area contributed by atoms with Gasteiger partial charge in [-0.05, 0) is 60.5 Å². The fourth-order valence-corrected chi connectivity index (χ4v) is 5.88. The van der Waals surface area contributed by atoms with E-state index < -0.39 is 27.5 Å². The van der Waals surface area contributed by atoms with Crippen LogP contribution in [0.25, 0.3) is 22.5 Å². The summed E-state index contributed by atoms with van der Waals surface area (Å²) in [6.07, 6.45) is 1.32. The van der Waals surface area contributed by atoms with Crippen LogP contribution in [-0.2, 0) is 28.5 Å². The molecule has 3 aromatic rings. The summed E-state index contributed by atoms with van der Waals surface area (Å²) in [5, 5.41) is 3.40. The van der Waals surface area contributed by atoms with Crippen LogP contribution in [0.4, 0.5) is 30.4 Å². The number of hydrogen-bond acceptors (Lipinski definition) is 8. The molecule has 214 valence electrons. The van der Waals surface area contributed by atoms with E-state index in [1.807, 2.05) is 17.6 Å². The zero-order chi connectivity index (χ0) is 29.5. The van der Waals surface area contributed by atoms with Gasteiger partial charge in [-0.25, -0.2) is 18.4 Å². The Morgan fingerprint density at radius 2 is 1.83 bits per heavy atom. The van der Waals surface area contributed by atoms with Crippen molar-refractivity contribution in [2.45, 2.75) is 25.4 Å². The highest BCUT2D eigenvalue weighted by atomic mass is 32.2. The molecule has 14 heteroatoms. The van der Waals surface area contributed by atoms with Crippen molar-refractivity contribution in [2.75, 3.05) is 16.6 Å². The Labute approximate surface area is 238 Å². The number of aromatic nitrogens is 5. The number of sulfonamides is 1. The molecule has 0 unspecified atom stereocenters. The molecule has 0 spiro atoms. The predicted molar refractivity (Wildman–Crippen MR) is 150 cm³/mol. The van der Waals surface area contributed by atoms with Crippen LogP contribution in [0, 0.1) is 6.92 Å². The molecular weight excluding hydrogens is 569 g/mol. The average Bonchev–Trinajstić information content (AvgIpc) is 3.44. The van der Waals surface area contributed by atoms with E-state index in [-0.39, 0.29) is 11.4 Å². The van der Waals surface area contributed by atoms with Crippen LogP contribution >= 0.6 is 0 Å². The quantitative estimate of drug-likeness (QED) is 0.291. The summed E-state index contributed by atoms with van der Waals surface area (Å²) >= 11 is 0. The molecule has 2 aromatic heterocycles. The summed E-state index contributed by atoms with van der Waals surface area (Å²) in [6.45, 7) is 3.23. The number of rotatable bonds is 6. The molecule has 10 nitrogen and oxygen atoms in total. The molecule has 0 atom stereocenters. The molecule has 3 aliphatic rings. The largest absolute Gasteiger partial charge is 0.416 e. The second-order valence-electron chi connectivity index (χ2n) is 9.68. The van der Waals surface area contributed by atoms with Gasteiger partial charge in [0.2, 0.25) is 10.0 Å². The van der Waals surface area contributed by atoms with Crippen molar-refractivity contribution in [3.05, 3.63) is 95.8 Å². The number of pyridine rings is 3. The van der Waals surface area contributed by atoms with Gasteiger partial charge in [0.25, 0.3) is 5.62 Å². The van der Waals surface area contributed by atoms with Crippen molar-refractivity contribution in [2.24, 2.45) is 4.99 Å². The fraction of sp³-hybridized carbons (Fsp3) is 0.179. The minimum Gasteiger partial charge on any atom is -0.369 e. The van der Waals surface area contributed by atoms with E-state index in [2.05, 4.69) is 35.0 Å². The van der Waals surface area contributed by atoms with Gasteiger partial charge in [0, 0.05) is 54.7 Å². The molecule has 0 amide bonds. The Kier molecular flexibility index (Phi) is 6.85. The van der Waals surface area contributed by atoms with Crippen LogP contribution in [-0.4, -0.2) is 39.5 Å². The SMILES string of the molecule is Cc1ccc(NS(=O)(=O)Cc2cc(C(F)(F)F)ccn2)cc1-c1cc2cnc(=Nc3ccncc3)nc-2n2c1NCC2. The Balaban J connectivity index is 1.34. The van der Waals surface area contributed by atoms with E-state index in [9.17, 15) is 21.6 Å². The Morgan fingerprint density at radius 3 is 2.62 bits per heavy atom. The van der Waals surface area contributed by atoms with Gasteiger partial charge in [0.05, 0.1) is 16.9 Å². The molecule has 1 aromatic carbocycles. The number of anilines is 2. The summed E-state index contributed by atoms with van der Waals surface area (Å²) in [6, 6.07) is 12.1. The van der Waals surface area contributed by atoms with Crippen molar-refractivity contribution < 1.29 is 21.6 Å². The molecule has 5 heterocycles. The second kappa shape index (κ2) is 10.5. The third kappa shape index (κ3) is 5.65. The summed E-state index contributed by atoms with van der Waals surface area (Å²) in [5.74, 6) is 0.796. The van der Waals surface area contributed by atoms with Gasteiger partial charge in [-0.3, -0.25) is 14.7 Å². The van der Waals surface area contributed by atoms with Gasteiger partial charge in [-0.2, -0.15) is 18.2 Å². The lowest BCUT2D eigenvalue weighted by Gasteiger charge is -2.19. The van der Waals surface area contributed by atoms with Crippen LogP contribution in [0.1, 0.15) is 16.8 Å². The third-order valence-electron chi connectivity index (χ3n) is 6.67. The predicted octanol–water partition coefficient (Wildman–Crippen LogP) is 4.77. The maximum Gasteiger partial charge on any atom is 0.416 e. The highest BCUT2D eigenvalue weighted by molar-refractivity contribution is 7.91. The first-order valence-electron chi connectivity index (χ1n) is 12.8. The van der Waals surface area contributed by atoms with E-state index in [0.29, 0.717) is 30.2 Å². The van der Waals surface area contributed by atoms with Gasteiger partial charge < -0.3 is 9.88 Å². The van der Waals surface area contributed by atoms with E-state index in [4.69, 9.17) is 0 Å². The minimum absolute atomic E-state index is 0.215. The average molecular weight is 593 g/mol. The van der Waals surface area contributed by atoms with Crippen molar-refractivity contribution in [1.29, 1.82) is 0 Å². The van der Waals surface area contributed by atoms with E-state index in [1.165, 1.54) is 0 Å². The fourth-order valence-electron chi connectivity index (χ4n) is 4.77. The molecule has 0 bridgehead atoms. The minimum atomic E-state index is -4.60. The number of hydrogen-bond donors (Lipinski definition) is 2.